The molecule has 31 heavy (non-hydrogen) atoms. The van der Waals surface area contributed by atoms with Gasteiger partial charge < -0.3 is 14.6 Å². The molecular weight excluding hydrogens is 414 g/mol. The number of aromatic nitrogens is 1. The summed E-state index contributed by atoms with van der Waals surface area (Å²) in [7, 11) is -0.131. The third-order valence-corrected chi connectivity index (χ3v) is 7.71. The molecule has 0 unspecified atom stereocenters. The van der Waals surface area contributed by atoms with Gasteiger partial charge in [-0.1, -0.05) is 12.1 Å². The van der Waals surface area contributed by atoms with E-state index in [0.29, 0.717) is 25.9 Å². The van der Waals surface area contributed by atoms with Gasteiger partial charge >= 0.3 is 0 Å². The predicted molar refractivity (Wildman–Crippen MR) is 119 cm³/mol. The normalized spacial score (nSPS) is 17.5. The number of benzene rings is 2. The smallest absolute Gasteiger partial charge is 0.243 e. The number of sulfonamides is 1. The second-order valence-corrected chi connectivity index (χ2v) is 9.86. The van der Waals surface area contributed by atoms with E-state index in [1.54, 1.807) is 19.2 Å². The molecule has 1 saturated heterocycles. The number of aryl methyl sites for hydroxylation is 1. The molecule has 1 atom stereocenters. The summed E-state index contributed by atoms with van der Waals surface area (Å²) in [5.41, 5.74) is 1.91. The molecule has 1 aliphatic heterocycles. The topological polar surface area (TPSA) is 80.6 Å². The van der Waals surface area contributed by atoms with Crippen LogP contribution in [0.2, 0.25) is 0 Å². The van der Waals surface area contributed by atoms with Crippen molar-refractivity contribution in [2.24, 2.45) is 13.0 Å². The first kappa shape index (κ1) is 21.4. The van der Waals surface area contributed by atoms with Crippen molar-refractivity contribution in [3.05, 3.63) is 60.3 Å². The van der Waals surface area contributed by atoms with Gasteiger partial charge in [0.25, 0.3) is 0 Å². The van der Waals surface area contributed by atoms with Crippen LogP contribution in [-0.4, -0.2) is 43.4 Å². The highest BCUT2D eigenvalue weighted by Gasteiger charge is 2.33. The number of carbonyl (C=O) groups excluding carboxylic acids is 1. The van der Waals surface area contributed by atoms with Crippen LogP contribution in [0.1, 0.15) is 18.4 Å². The van der Waals surface area contributed by atoms with E-state index in [1.165, 1.54) is 4.31 Å². The summed E-state index contributed by atoms with van der Waals surface area (Å²) in [6.07, 6.45) is 3.24. The maximum absolute atomic E-state index is 13.2. The standard InChI is InChI=1S/C23H27N3O4S/c1-25-12-10-18-14-21(8-9-22(18)25)31(28,29)26-11-4-6-19(16-26)23(27)24-15-17-5-3-7-20(13-17)30-2/h3,5,7-10,12-14,19H,4,6,11,15-16H2,1-2H3,(H,24,27)/t19-/m1/s1. The zero-order chi connectivity index (χ0) is 22.0. The van der Waals surface area contributed by atoms with Crippen LogP contribution in [0.4, 0.5) is 0 Å². The van der Waals surface area contributed by atoms with Crippen molar-refractivity contribution in [1.82, 2.24) is 14.2 Å². The Bertz CT molecular complexity index is 1200. The number of carbonyl (C=O) groups is 1. The number of hydrogen-bond donors (Lipinski definition) is 1. The quantitative estimate of drug-likeness (QED) is 0.638. The van der Waals surface area contributed by atoms with E-state index in [9.17, 15) is 13.2 Å². The molecule has 0 spiro atoms. The zero-order valence-corrected chi connectivity index (χ0v) is 18.6. The Balaban J connectivity index is 1.44. The number of nitrogens with zero attached hydrogens (tertiary/aromatic N) is 2. The van der Waals surface area contributed by atoms with Crippen molar-refractivity contribution in [3.8, 4) is 5.75 Å². The Hall–Kier alpha value is -2.84. The van der Waals surface area contributed by atoms with E-state index in [4.69, 9.17) is 4.74 Å². The molecule has 1 aliphatic rings. The van der Waals surface area contributed by atoms with E-state index in [0.717, 1.165) is 22.2 Å². The first-order valence-electron chi connectivity index (χ1n) is 10.3. The maximum Gasteiger partial charge on any atom is 0.243 e. The highest BCUT2D eigenvalue weighted by Crippen LogP contribution is 2.26. The Morgan fingerprint density at radius 1 is 1.19 bits per heavy atom. The molecule has 0 bridgehead atoms. The molecule has 0 saturated carbocycles. The molecule has 0 radical (unpaired) electrons. The van der Waals surface area contributed by atoms with Crippen molar-refractivity contribution in [1.29, 1.82) is 0 Å². The Morgan fingerprint density at radius 2 is 2.03 bits per heavy atom. The van der Waals surface area contributed by atoms with Crippen LogP contribution >= 0.6 is 0 Å². The second kappa shape index (κ2) is 8.72. The predicted octanol–water partition coefficient (Wildman–Crippen LogP) is 2.90. The number of amides is 1. The van der Waals surface area contributed by atoms with Gasteiger partial charge in [-0.25, -0.2) is 8.42 Å². The Morgan fingerprint density at radius 3 is 2.84 bits per heavy atom. The van der Waals surface area contributed by atoms with Gasteiger partial charge in [0.2, 0.25) is 15.9 Å². The number of piperidine rings is 1. The second-order valence-electron chi connectivity index (χ2n) is 7.92. The van der Waals surface area contributed by atoms with Crippen LogP contribution in [0, 0.1) is 5.92 Å². The van der Waals surface area contributed by atoms with Crippen LogP contribution in [0.25, 0.3) is 10.9 Å². The van der Waals surface area contributed by atoms with Gasteiger partial charge in [-0.2, -0.15) is 4.31 Å². The third kappa shape index (κ3) is 4.45. The fourth-order valence-corrected chi connectivity index (χ4v) is 5.62. The van der Waals surface area contributed by atoms with Crippen molar-refractivity contribution < 1.29 is 17.9 Å². The number of fused-ring (bicyclic) bond motifs is 1. The zero-order valence-electron chi connectivity index (χ0n) is 17.7. The lowest BCUT2D eigenvalue weighted by Crippen LogP contribution is -2.45. The van der Waals surface area contributed by atoms with Crippen molar-refractivity contribution in [2.45, 2.75) is 24.3 Å². The molecule has 2 aromatic carbocycles. The number of ether oxygens (including phenoxy) is 1. The number of methoxy groups -OCH3 is 1. The van der Waals surface area contributed by atoms with Gasteiger partial charge in [-0.3, -0.25) is 4.79 Å². The minimum Gasteiger partial charge on any atom is -0.497 e. The van der Waals surface area contributed by atoms with Gasteiger partial charge in [0.15, 0.2) is 0 Å². The monoisotopic (exact) mass is 441 g/mol. The first-order chi connectivity index (χ1) is 14.9. The Kier molecular flexibility index (Phi) is 6.02. The van der Waals surface area contributed by atoms with Crippen molar-refractivity contribution >= 4 is 26.8 Å². The molecule has 3 aromatic rings. The summed E-state index contributed by atoms with van der Waals surface area (Å²) >= 11 is 0. The van der Waals surface area contributed by atoms with E-state index >= 15 is 0 Å². The van der Waals surface area contributed by atoms with Crippen molar-refractivity contribution in [2.75, 3.05) is 20.2 Å². The van der Waals surface area contributed by atoms with E-state index in [2.05, 4.69) is 5.32 Å². The summed E-state index contributed by atoms with van der Waals surface area (Å²) in [4.78, 5) is 13.0. The highest BCUT2D eigenvalue weighted by atomic mass is 32.2. The molecule has 1 fully saturated rings. The molecular formula is C23H27N3O4S. The third-order valence-electron chi connectivity index (χ3n) is 5.85. The first-order valence-corrected chi connectivity index (χ1v) is 11.8. The fourth-order valence-electron chi connectivity index (χ4n) is 4.06. The minimum atomic E-state index is -3.66. The van der Waals surface area contributed by atoms with E-state index < -0.39 is 10.0 Å². The van der Waals surface area contributed by atoms with Crippen LogP contribution in [-0.2, 0) is 28.4 Å². The molecule has 7 nitrogen and oxygen atoms in total. The molecule has 4 rings (SSSR count). The molecule has 1 aromatic heterocycles. The number of hydrogen-bond acceptors (Lipinski definition) is 4. The van der Waals surface area contributed by atoms with Crippen LogP contribution in [0.3, 0.4) is 0 Å². The SMILES string of the molecule is COc1cccc(CNC(=O)[C@@H]2CCCN(S(=O)(=O)c3ccc4c(ccn4C)c3)C2)c1. The fraction of sp³-hybridized carbons (Fsp3) is 0.348. The van der Waals surface area contributed by atoms with Gasteiger partial charge in [-0.15, -0.1) is 0 Å². The molecule has 164 valence electrons. The van der Waals surface area contributed by atoms with Crippen LogP contribution < -0.4 is 10.1 Å². The average Bonchev–Trinajstić information content (AvgIpc) is 3.17. The van der Waals surface area contributed by atoms with Crippen LogP contribution in [0.15, 0.2) is 59.6 Å². The molecule has 1 N–H and O–H groups in total. The number of nitrogens with one attached hydrogen (secondary N) is 1. The van der Waals surface area contributed by atoms with E-state index in [-0.39, 0.29) is 23.3 Å². The van der Waals surface area contributed by atoms with Gasteiger partial charge in [0.05, 0.1) is 17.9 Å². The molecule has 2 heterocycles. The summed E-state index contributed by atoms with van der Waals surface area (Å²) in [6.45, 7) is 0.998. The molecule has 1 amide bonds. The highest BCUT2D eigenvalue weighted by molar-refractivity contribution is 7.89. The lowest BCUT2D eigenvalue weighted by atomic mass is 9.99. The maximum atomic E-state index is 13.2. The van der Waals surface area contributed by atoms with E-state index in [1.807, 2.05) is 54.2 Å². The number of rotatable bonds is 6. The van der Waals surface area contributed by atoms with Gasteiger partial charge in [0, 0.05) is 43.8 Å². The summed E-state index contributed by atoms with van der Waals surface area (Å²) in [5.74, 6) is 0.243. The Labute approximate surface area is 182 Å². The summed E-state index contributed by atoms with van der Waals surface area (Å²) in [6, 6.07) is 14.6. The lowest BCUT2D eigenvalue weighted by Gasteiger charge is -2.31. The molecule has 8 heteroatoms. The summed E-state index contributed by atoms with van der Waals surface area (Å²) < 4.78 is 35.1. The average molecular weight is 442 g/mol. The minimum absolute atomic E-state index is 0.124. The summed E-state index contributed by atoms with van der Waals surface area (Å²) in [5, 5.41) is 3.82. The van der Waals surface area contributed by atoms with Gasteiger partial charge in [0.1, 0.15) is 5.75 Å². The lowest BCUT2D eigenvalue weighted by molar-refractivity contribution is -0.126. The molecule has 0 aliphatic carbocycles. The largest absolute Gasteiger partial charge is 0.497 e. The van der Waals surface area contributed by atoms with Crippen molar-refractivity contribution in [3.63, 3.8) is 0 Å². The van der Waals surface area contributed by atoms with Crippen LogP contribution in [0.5, 0.6) is 5.75 Å². The van der Waals surface area contributed by atoms with Gasteiger partial charge in [-0.05, 0) is 54.8 Å².